The quantitative estimate of drug-likeness (QED) is 0.239. The number of halogens is 1. The number of guanidine groups is 1. The summed E-state index contributed by atoms with van der Waals surface area (Å²) in [5, 5.41) is 9.63. The SMILES string of the molecule is CCCC(=O)Nc1ccc(CN=C(NCC)NCC2CN(CC(C)C)CCO2)cc1.I. The Hall–Kier alpha value is -1.39. The highest BCUT2D eigenvalue weighted by Gasteiger charge is 2.21. The lowest BCUT2D eigenvalue weighted by molar-refractivity contribution is -0.116. The zero-order valence-corrected chi connectivity index (χ0v) is 21.8. The van der Waals surface area contributed by atoms with Gasteiger partial charge in [-0.3, -0.25) is 9.69 Å². The Morgan fingerprint density at radius 3 is 2.61 bits per heavy atom. The summed E-state index contributed by atoms with van der Waals surface area (Å²) in [6.45, 7) is 14.6. The molecule has 0 spiro atoms. The van der Waals surface area contributed by atoms with E-state index in [4.69, 9.17) is 9.73 Å². The fourth-order valence-electron chi connectivity index (χ4n) is 3.45. The van der Waals surface area contributed by atoms with Crippen molar-refractivity contribution in [2.45, 2.75) is 53.2 Å². The Morgan fingerprint density at radius 2 is 1.97 bits per heavy atom. The van der Waals surface area contributed by atoms with Crippen molar-refractivity contribution in [3.63, 3.8) is 0 Å². The molecule has 0 saturated carbocycles. The van der Waals surface area contributed by atoms with Crippen LogP contribution in [-0.2, 0) is 16.1 Å². The van der Waals surface area contributed by atoms with Crippen LogP contribution < -0.4 is 16.0 Å². The number of benzene rings is 1. The van der Waals surface area contributed by atoms with Crippen LogP contribution in [0.15, 0.2) is 29.3 Å². The fourth-order valence-corrected chi connectivity index (χ4v) is 3.45. The van der Waals surface area contributed by atoms with Gasteiger partial charge < -0.3 is 20.7 Å². The lowest BCUT2D eigenvalue weighted by atomic mass is 10.2. The molecule has 1 unspecified atom stereocenters. The maximum absolute atomic E-state index is 11.7. The number of morpholine rings is 1. The van der Waals surface area contributed by atoms with Crippen molar-refractivity contribution in [1.29, 1.82) is 0 Å². The molecule has 0 aromatic heterocycles. The van der Waals surface area contributed by atoms with Crippen LogP contribution in [0.3, 0.4) is 0 Å². The maximum atomic E-state index is 11.7. The van der Waals surface area contributed by atoms with Crippen molar-refractivity contribution in [3.8, 4) is 0 Å². The van der Waals surface area contributed by atoms with Gasteiger partial charge in [0.05, 0.1) is 19.3 Å². The molecule has 1 aromatic carbocycles. The standard InChI is InChI=1S/C23H39N5O2.HI/c1-5-7-22(29)27-20-10-8-19(9-11-20)14-25-23(24-6-2)26-15-21-17-28(12-13-30-21)16-18(3)4;/h8-11,18,21H,5-7,12-17H2,1-4H3,(H,27,29)(H2,24,25,26);1H. The van der Waals surface area contributed by atoms with Gasteiger partial charge in [0.2, 0.25) is 5.91 Å². The van der Waals surface area contributed by atoms with Gasteiger partial charge in [0, 0.05) is 44.8 Å². The first-order valence-corrected chi connectivity index (χ1v) is 11.2. The van der Waals surface area contributed by atoms with Crippen LogP contribution in [0.1, 0.15) is 46.1 Å². The van der Waals surface area contributed by atoms with E-state index < -0.39 is 0 Å². The normalized spacial score (nSPS) is 17.2. The molecule has 1 aromatic rings. The first-order chi connectivity index (χ1) is 14.5. The van der Waals surface area contributed by atoms with E-state index in [9.17, 15) is 4.79 Å². The summed E-state index contributed by atoms with van der Waals surface area (Å²) in [7, 11) is 0. The Kier molecular flexibility index (Phi) is 13.7. The number of nitrogens with one attached hydrogen (secondary N) is 3. The maximum Gasteiger partial charge on any atom is 0.224 e. The largest absolute Gasteiger partial charge is 0.374 e. The van der Waals surface area contributed by atoms with Crippen LogP contribution in [0, 0.1) is 5.92 Å². The number of amides is 1. The third-order valence-corrected chi connectivity index (χ3v) is 4.82. The number of anilines is 1. The minimum Gasteiger partial charge on any atom is -0.374 e. The molecule has 176 valence electrons. The van der Waals surface area contributed by atoms with Gasteiger partial charge in [-0.15, -0.1) is 24.0 Å². The van der Waals surface area contributed by atoms with Crippen molar-refractivity contribution in [2.75, 3.05) is 44.6 Å². The van der Waals surface area contributed by atoms with E-state index in [-0.39, 0.29) is 36.0 Å². The van der Waals surface area contributed by atoms with Gasteiger partial charge in [0.25, 0.3) is 0 Å². The first kappa shape index (κ1) is 27.6. The number of nitrogens with zero attached hydrogens (tertiary/aromatic N) is 2. The molecule has 7 nitrogen and oxygen atoms in total. The second-order valence-electron chi connectivity index (χ2n) is 8.22. The van der Waals surface area contributed by atoms with Crippen molar-refractivity contribution in [3.05, 3.63) is 29.8 Å². The zero-order valence-electron chi connectivity index (χ0n) is 19.4. The average Bonchev–Trinajstić information content (AvgIpc) is 2.71. The molecule has 31 heavy (non-hydrogen) atoms. The molecule has 1 aliphatic rings. The number of aliphatic imine (C=N–C) groups is 1. The Bertz CT molecular complexity index is 666. The topological polar surface area (TPSA) is 78.0 Å². The first-order valence-electron chi connectivity index (χ1n) is 11.2. The Balaban J connectivity index is 0.00000480. The molecule has 0 bridgehead atoms. The van der Waals surface area contributed by atoms with Crippen molar-refractivity contribution < 1.29 is 9.53 Å². The number of carbonyl (C=O) groups is 1. The second kappa shape index (κ2) is 15.4. The van der Waals surface area contributed by atoms with Gasteiger partial charge in [-0.25, -0.2) is 4.99 Å². The molecule has 1 saturated heterocycles. The van der Waals surface area contributed by atoms with E-state index in [1.54, 1.807) is 0 Å². The van der Waals surface area contributed by atoms with E-state index in [1.165, 1.54) is 0 Å². The second-order valence-corrected chi connectivity index (χ2v) is 8.22. The molecule has 2 rings (SSSR count). The summed E-state index contributed by atoms with van der Waals surface area (Å²) in [5.74, 6) is 1.52. The molecule has 1 atom stereocenters. The predicted octanol–water partition coefficient (Wildman–Crippen LogP) is 3.46. The molecule has 3 N–H and O–H groups in total. The van der Waals surface area contributed by atoms with Crippen LogP contribution in [-0.4, -0.2) is 62.2 Å². The summed E-state index contributed by atoms with van der Waals surface area (Å²) < 4.78 is 5.92. The summed E-state index contributed by atoms with van der Waals surface area (Å²) in [4.78, 5) is 18.9. The van der Waals surface area contributed by atoms with Crippen molar-refractivity contribution in [2.24, 2.45) is 10.9 Å². The van der Waals surface area contributed by atoms with Gasteiger partial charge in [0.15, 0.2) is 5.96 Å². The molecule has 1 aliphatic heterocycles. The highest BCUT2D eigenvalue weighted by atomic mass is 127. The van der Waals surface area contributed by atoms with E-state index in [0.29, 0.717) is 18.9 Å². The average molecular weight is 546 g/mol. The molecule has 1 heterocycles. The summed E-state index contributed by atoms with van der Waals surface area (Å²) in [5.41, 5.74) is 1.92. The number of hydrogen-bond donors (Lipinski definition) is 3. The lowest BCUT2D eigenvalue weighted by Gasteiger charge is -2.34. The molecular weight excluding hydrogens is 505 g/mol. The molecule has 1 fully saturated rings. The van der Waals surface area contributed by atoms with E-state index in [2.05, 4.69) is 41.6 Å². The highest BCUT2D eigenvalue weighted by Crippen LogP contribution is 2.11. The summed E-state index contributed by atoms with van der Waals surface area (Å²) in [6.07, 6.45) is 1.57. The third-order valence-electron chi connectivity index (χ3n) is 4.82. The Morgan fingerprint density at radius 1 is 1.23 bits per heavy atom. The minimum absolute atomic E-state index is 0. The molecule has 0 aliphatic carbocycles. The van der Waals surface area contributed by atoms with Crippen molar-refractivity contribution in [1.82, 2.24) is 15.5 Å². The van der Waals surface area contributed by atoms with Crippen LogP contribution in [0.4, 0.5) is 5.69 Å². The number of hydrogen-bond acceptors (Lipinski definition) is 4. The van der Waals surface area contributed by atoms with Crippen LogP contribution in [0.5, 0.6) is 0 Å². The highest BCUT2D eigenvalue weighted by molar-refractivity contribution is 14.0. The van der Waals surface area contributed by atoms with Crippen LogP contribution in [0.2, 0.25) is 0 Å². The van der Waals surface area contributed by atoms with Crippen molar-refractivity contribution >= 4 is 41.5 Å². The third kappa shape index (κ3) is 11.2. The van der Waals surface area contributed by atoms with Gasteiger partial charge >= 0.3 is 0 Å². The number of rotatable bonds is 10. The minimum atomic E-state index is 0. The van der Waals surface area contributed by atoms with E-state index in [0.717, 1.165) is 63.0 Å². The molecule has 0 radical (unpaired) electrons. The predicted molar refractivity (Wildman–Crippen MR) is 139 cm³/mol. The summed E-state index contributed by atoms with van der Waals surface area (Å²) in [6, 6.07) is 7.86. The van der Waals surface area contributed by atoms with Crippen LogP contribution >= 0.6 is 24.0 Å². The smallest absolute Gasteiger partial charge is 0.224 e. The van der Waals surface area contributed by atoms with Gasteiger partial charge in [0.1, 0.15) is 0 Å². The van der Waals surface area contributed by atoms with E-state index >= 15 is 0 Å². The fraction of sp³-hybridized carbons (Fsp3) is 0.652. The van der Waals surface area contributed by atoms with Gasteiger partial charge in [-0.1, -0.05) is 32.9 Å². The number of carbonyl (C=O) groups excluding carboxylic acids is 1. The molecular formula is C23H40IN5O2. The van der Waals surface area contributed by atoms with Gasteiger partial charge in [-0.05, 0) is 37.0 Å². The lowest BCUT2D eigenvalue weighted by Crippen LogP contribution is -2.50. The zero-order chi connectivity index (χ0) is 21.8. The monoisotopic (exact) mass is 545 g/mol. The molecule has 1 amide bonds. The molecule has 8 heteroatoms. The van der Waals surface area contributed by atoms with E-state index in [1.807, 2.05) is 31.2 Å². The summed E-state index contributed by atoms with van der Waals surface area (Å²) >= 11 is 0. The van der Waals surface area contributed by atoms with Crippen LogP contribution in [0.25, 0.3) is 0 Å². The number of ether oxygens (including phenoxy) is 1. The Labute approximate surface area is 204 Å². The van der Waals surface area contributed by atoms with Gasteiger partial charge in [-0.2, -0.15) is 0 Å².